The minimum absolute atomic E-state index is 0.144. The van der Waals surface area contributed by atoms with E-state index in [2.05, 4.69) is 22.3 Å². The molecule has 1 aromatic heterocycles. The van der Waals surface area contributed by atoms with Gasteiger partial charge in [-0.05, 0) is 61.4 Å². The van der Waals surface area contributed by atoms with Crippen LogP contribution in [0.3, 0.4) is 0 Å². The first-order valence-electron chi connectivity index (χ1n) is 9.36. The predicted octanol–water partition coefficient (Wildman–Crippen LogP) is 3.22. The van der Waals surface area contributed by atoms with Crippen LogP contribution in [-0.4, -0.2) is 21.6 Å². The lowest BCUT2D eigenvalue weighted by atomic mass is 10.1. The van der Waals surface area contributed by atoms with E-state index in [9.17, 15) is 9.59 Å². The van der Waals surface area contributed by atoms with E-state index in [0.29, 0.717) is 18.7 Å². The van der Waals surface area contributed by atoms with E-state index in [0.717, 1.165) is 28.2 Å². The molecule has 148 valence electrons. The summed E-state index contributed by atoms with van der Waals surface area (Å²) in [6.07, 6.45) is 1.23. The molecular weight excluding hydrogens is 364 g/mol. The number of aryl methyl sites for hydroxylation is 2. The minimum Gasteiger partial charge on any atom is -0.348 e. The van der Waals surface area contributed by atoms with Gasteiger partial charge in [-0.25, -0.2) is 4.68 Å². The molecule has 1 heterocycles. The molecule has 6 nitrogen and oxygen atoms in total. The summed E-state index contributed by atoms with van der Waals surface area (Å²) in [5, 5.41) is 10.1. The third-order valence-electron chi connectivity index (χ3n) is 4.51. The number of nitrogens with zero attached hydrogens (tertiary/aromatic N) is 2. The van der Waals surface area contributed by atoms with Crippen molar-refractivity contribution < 1.29 is 9.59 Å². The Morgan fingerprint density at radius 2 is 1.55 bits per heavy atom. The van der Waals surface area contributed by atoms with Crippen molar-refractivity contribution in [2.45, 2.75) is 26.9 Å². The maximum Gasteiger partial charge on any atom is 0.251 e. The fourth-order valence-electron chi connectivity index (χ4n) is 2.97. The molecule has 0 aliphatic heterocycles. The lowest BCUT2D eigenvalue weighted by molar-refractivity contribution is -0.116. The summed E-state index contributed by atoms with van der Waals surface area (Å²) >= 11 is 0. The quantitative estimate of drug-likeness (QED) is 0.610. The fraction of sp³-hybridized carbons (Fsp3) is 0.174. The van der Waals surface area contributed by atoms with Gasteiger partial charge in [-0.3, -0.25) is 9.59 Å². The van der Waals surface area contributed by atoms with Crippen molar-refractivity contribution in [3.63, 3.8) is 0 Å². The first kappa shape index (κ1) is 20.1. The van der Waals surface area contributed by atoms with Crippen LogP contribution in [0.25, 0.3) is 5.69 Å². The summed E-state index contributed by atoms with van der Waals surface area (Å²) in [4.78, 5) is 23.6. The zero-order valence-corrected chi connectivity index (χ0v) is 16.6. The molecule has 0 saturated heterocycles. The second-order valence-corrected chi connectivity index (χ2v) is 6.81. The average molecular weight is 388 g/mol. The Morgan fingerprint density at radius 1 is 0.966 bits per heavy atom. The third kappa shape index (κ3) is 5.19. The number of carbonyl (C=O) groups is 2. The molecule has 2 aromatic carbocycles. The highest BCUT2D eigenvalue weighted by Crippen LogP contribution is 2.13. The van der Waals surface area contributed by atoms with Crippen molar-refractivity contribution in [2.75, 3.05) is 0 Å². The Kier molecular flexibility index (Phi) is 6.24. The van der Waals surface area contributed by atoms with Crippen LogP contribution in [0.15, 0.2) is 67.3 Å². The number of rotatable bonds is 7. The maximum atomic E-state index is 12.4. The van der Waals surface area contributed by atoms with Gasteiger partial charge < -0.3 is 10.6 Å². The Labute approximate surface area is 170 Å². The van der Waals surface area contributed by atoms with Gasteiger partial charge in [0.15, 0.2) is 0 Å². The SMILES string of the molecule is C=CC(=O)NCc1ccc(C(=O)NCc2ccc(-n3nc(C)cc3C)cc2)cc1. The molecule has 3 aromatic rings. The highest BCUT2D eigenvalue weighted by Gasteiger charge is 2.07. The van der Waals surface area contributed by atoms with Crippen molar-refractivity contribution in [3.05, 3.63) is 95.3 Å². The Morgan fingerprint density at radius 3 is 2.10 bits per heavy atom. The summed E-state index contributed by atoms with van der Waals surface area (Å²) in [7, 11) is 0. The van der Waals surface area contributed by atoms with Crippen LogP contribution in [0.4, 0.5) is 0 Å². The summed E-state index contributed by atoms with van der Waals surface area (Å²) in [5.41, 5.74) is 5.54. The van der Waals surface area contributed by atoms with E-state index in [1.54, 1.807) is 12.1 Å². The maximum absolute atomic E-state index is 12.4. The molecule has 0 radical (unpaired) electrons. The van der Waals surface area contributed by atoms with Gasteiger partial charge in [0.2, 0.25) is 5.91 Å². The van der Waals surface area contributed by atoms with Gasteiger partial charge in [0, 0.05) is 24.3 Å². The van der Waals surface area contributed by atoms with Gasteiger partial charge in [-0.2, -0.15) is 5.10 Å². The first-order chi connectivity index (χ1) is 14.0. The molecule has 0 bridgehead atoms. The second-order valence-electron chi connectivity index (χ2n) is 6.81. The Balaban J connectivity index is 1.55. The monoisotopic (exact) mass is 388 g/mol. The van der Waals surface area contributed by atoms with Crippen LogP contribution in [0.5, 0.6) is 0 Å². The molecule has 2 amide bonds. The molecule has 2 N–H and O–H groups in total. The summed E-state index contributed by atoms with van der Waals surface area (Å²) in [6, 6.07) is 17.1. The van der Waals surface area contributed by atoms with Gasteiger partial charge in [-0.15, -0.1) is 0 Å². The first-order valence-corrected chi connectivity index (χ1v) is 9.36. The van der Waals surface area contributed by atoms with Crippen LogP contribution < -0.4 is 10.6 Å². The summed E-state index contributed by atoms with van der Waals surface area (Å²) in [6.45, 7) is 8.24. The predicted molar refractivity (Wildman–Crippen MR) is 113 cm³/mol. The van der Waals surface area contributed by atoms with E-state index < -0.39 is 0 Å². The molecule has 0 atom stereocenters. The Hall–Kier alpha value is -3.67. The number of amides is 2. The van der Waals surface area contributed by atoms with E-state index in [-0.39, 0.29) is 11.8 Å². The lowest BCUT2D eigenvalue weighted by Crippen LogP contribution is -2.23. The zero-order chi connectivity index (χ0) is 20.8. The van der Waals surface area contributed by atoms with Crippen LogP contribution in [0.1, 0.15) is 32.9 Å². The van der Waals surface area contributed by atoms with Crippen LogP contribution in [-0.2, 0) is 17.9 Å². The fourth-order valence-corrected chi connectivity index (χ4v) is 2.97. The average Bonchev–Trinajstić information content (AvgIpc) is 3.08. The van der Waals surface area contributed by atoms with Crippen molar-refractivity contribution in [3.8, 4) is 5.69 Å². The second kappa shape index (κ2) is 9.01. The van der Waals surface area contributed by atoms with Crippen molar-refractivity contribution in [1.29, 1.82) is 0 Å². The molecule has 0 aliphatic carbocycles. The summed E-state index contributed by atoms with van der Waals surface area (Å²) < 4.78 is 1.90. The van der Waals surface area contributed by atoms with E-state index in [1.165, 1.54) is 6.08 Å². The standard InChI is InChI=1S/C23H24N4O2/c1-4-22(28)24-14-18-5-9-20(10-6-18)23(29)25-15-19-7-11-21(12-8-19)27-17(3)13-16(2)26-27/h4-13H,1,14-15H2,2-3H3,(H,24,28)(H,25,29). The van der Waals surface area contributed by atoms with Gasteiger partial charge in [-0.1, -0.05) is 30.8 Å². The molecule has 0 unspecified atom stereocenters. The molecule has 0 aliphatic rings. The molecule has 0 fully saturated rings. The van der Waals surface area contributed by atoms with Crippen molar-refractivity contribution >= 4 is 11.8 Å². The topological polar surface area (TPSA) is 76.0 Å². The number of benzene rings is 2. The number of carbonyl (C=O) groups excluding carboxylic acids is 2. The minimum atomic E-state index is -0.226. The van der Waals surface area contributed by atoms with E-state index >= 15 is 0 Å². The van der Waals surface area contributed by atoms with Crippen LogP contribution in [0.2, 0.25) is 0 Å². The van der Waals surface area contributed by atoms with Gasteiger partial charge >= 0.3 is 0 Å². The smallest absolute Gasteiger partial charge is 0.251 e. The highest BCUT2D eigenvalue weighted by atomic mass is 16.2. The number of nitrogens with one attached hydrogen (secondary N) is 2. The van der Waals surface area contributed by atoms with E-state index in [1.807, 2.05) is 61.0 Å². The van der Waals surface area contributed by atoms with Gasteiger partial charge in [0.05, 0.1) is 11.4 Å². The van der Waals surface area contributed by atoms with Gasteiger partial charge in [0.1, 0.15) is 0 Å². The van der Waals surface area contributed by atoms with Crippen molar-refractivity contribution in [2.24, 2.45) is 0 Å². The van der Waals surface area contributed by atoms with E-state index in [4.69, 9.17) is 0 Å². The molecule has 29 heavy (non-hydrogen) atoms. The zero-order valence-electron chi connectivity index (χ0n) is 16.6. The van der Waals surface area contributed by atoms with Crippen LogP contribution >= 0.6 is 0 Å². The van der Waals surface area contributed by atoms with Gasteiger partial charge in [0.25, 0.3) is 5.91 Å². The molecule has 3 rings (SSSR count). The number of hydrogen-bond donors (Lipinski definition) is 2. The van der Waals surface area contributed by atoms with Crippen LogP contribution in [0, 0.1) is 13.8 Å². The highest BCUT2D eigenvalue weighted by molar-refractivity contribution is 5.94. The number of aromatic nitrogens is 2. The summed E-state index contributed by atoms with van der Waals surface area (Å²) in [5.74, 6) is -0.370. The largest absolute Gasteiger partial charge is 0.348 e. The number of hydrogen-bond acceptors (Lipinski definition) is 3. The molecule has 0 spiro atoms. The Bertz CT molecular complexity index is 1020. The third-order valence-corrected chi connectivity index (χ3v) is 4.51. The molecule has 6 heteroatoms. The van der Waals surface area contributed by atoms with Crippen molar-refractivity contribution in [1.82, 2.24) is 20.4 Å². The molecule has 0 saturated carbocycles. The lowest BCUT2D eigenvalue weighted by Gasteiger charge is -2.09. The molecular formula is C23H24N4O2. The normalized spacial score (nSPS) is 10.4.